The molecule has 0 radical (unpaired) electrons. The second-order valence-corrected chi connectivity index (χ2v) is 7.18. The van der Waals surface area contributed by atoms with Crippen LogP contribution in [0.3, 0.4) is 0 Å². The number of carbonyl (C=O) groups is 1. The summed E-state index contributed by atoms with van der Waals surface area (Å²) in [5.74, 6) is -1.59. The van der Waals surface area contributed by atoms with E-state index in [0.29, 0.717) is 24.4 Å². The number of nitrogens with zero attached hydrogens (tertiary/aromatic N) is 2. The summed E-state index contributed by atoms with van der Waals surface area (Å²) in [5, 5.41) is 8.09. The third-order valence-corrected chi connectivity index (χ3v) is 5.66. The average Bonchev–Trinajstić information content (AvgIpc) is 3.21. The van der Waals surface area contributed by atoms with Gasteiger partial charge in [-0.3, -0.25) is 9.89 Å². The molecule has 3 aromatic rings. The van der Waals surface area contributed by atoms with Gasteiger partial charge in [-0.2, -0.15) is 5.10 Å². The van der Waals surface area contributed by atoms with E-state index in [2.05, 4.69) is 15.2 Å². The molecule has 2 aromatic heterocycles. The highest BCUT2D eigenvalue weighted by molar-refractivity contribution is 5.98. The summed E-state index contributed by atoms with van der Waals surface area (Å²) in [7, 11) is 0. The van der Waals surface area contributed by atoms with E-state index in [1.165, 1.54) is 12.5 Å². The van der Waals surface area contributed by atoms with Crippen molar-refractivity contribution in [1.29, 1.82) is 0 Å². The Labute approximate surface area is 148 Å². The lowest BCUT2D eigenvalue weighted by Gasteiger charge is -2.30. The number of aromatic nitrogens is 3. The molecule has 134 valence electrons. The van der Waals surface area contributed by atoms with Crippen LogP contribution >= 0.6 is 0 Å². The van der Waals surface area contributed by atoms with Crippen LogP contribution < -0.4 is 0 Å². The molecule has 0 atom stereocenters. The van der Waals surface area contributed by atoms with E-state index in [1.807, 2.05) is 0 Å². The predicted octanol–water partition coefficient (Wildman–Crippen LogP) is 3.64. The summed E-state index contributed by atoms with van der Waals surface area (Å²) < 4.78 is 27.3. The number of rotatable bonds is 2. The van der Waals surface area contributed by atoms with Crippen molar-refractivity contribution in [2.45, 2.75) is 38.1 Å². The molecule has 0 bridgehead atoms. The first-order valence-electron chi connectivity index (χ1n) is 8.94. The number of halogens is 2. The maximum absolute atomic E-state index is 13.9. The van der Waals surface area contributed by atoms with Crippen LogP contribution in [0, 0.1) is 11.6 Å². The molecule has 1 aliphatic heterocycles. The van der Waals surface area contributed by atoms with Crippen molar-refractivity contribution in [3.05, 3.63) is 52.5 Å². The molecular weight excluding hydrogens is 338 g/mol. The Morgan fingerprint density at radius 2 is 2.12 bits per heavy atom. The average molecular weight is 356 g/mol. The summed E-state index contributed by atoms with van der Waals surface area (Å²) in [4.78, 5) is 17.4. The van der Waals surface area contributed by atoms with Gasteiger partial charge in [0.1, 0.15) is 5.69 Å². The molecule has 1 amide bonds. The van der Waals surface area contributed by atoms with E-state index >= 15 is 0 Å². The number of aromatic amines is 2. The van der Waals surface area contributed by atoms with Crippen LogP contribution in [0.15, 0.2) is 18.2 Å². The van der Waals surface area contributed by atoms with E-state index in [0.717, 1.165) is 42.3 Å². The molecule has 2 N–H and O–H groups in total. The van der Waals surface area contributed by atoms with Crippen molar-refractivity contribution < 1.29 is 13.6 Å². The van der Waals surface area contributed by atoms with Gasteiger partial charge in [0, 0.05) is 42.1 Å². The Balaban J connectivity index is 1.45. The quantitative estimate of drug-likeness (QED) is 0.736. The third-order valence-electron chi connectivity index (χ3n) is 5.66. The molecule has 3 heterocycles. The van der Waals surface area contributed by atoms with E-state index in [1.54, 1.807) is 11.0 Å². The zero-order chi connectivity index (χ0) is 17.8. The van der Waals surface area contributed by atoms with Gasteiger partial charge < -0.3 is 9.88 Å². The first-order valence-corrected chi connectivity index (χ1v) is 8.94. The smallest absolute Gasteiger partial charge is 0.270 e. The van der Waals surface area contributed by atoms with Crippen molar-refractivity contribution in [3.8, 4) is 0 Å². The Hall–Kier alpha value is -2.70. The maximum atomic E-state index is 13.9. The summed E-state index contributed by atoms with van der Waals surface area (Å²) >= 11 is 0. The minimum atomic E-state index is -0.954. The highest BCUT2D eigenvalue weighted by Gasteiger charge is 2.31. The fourth-order valence-corrected chi connectivity index (χ4v) is 3.93. The number of hydrogen-bond acceptors (Lipinski definition) is 2. The van der Waals surface area contributed by atoms with Gasteiger partial charge in [-0.15, -0.1) is 0 Å². The molecule has 1 aromatic carbocycles. The number of hydrogen-bond donors (Lipinski definition) is 2. The minimum Gasteiger partial charge on any atom is -0.348 e. The predicted molar refractivity (Wildman–Crippen MR) is 91.8 cm³/mol. The summed E-state index contributed by atoms with van der Waals surface area (Å²) in [6, 6.07) is 4.13. The van der Waals surface area contributed by atoms with Crippen molar-refractivity contribution in [2.24, 2.45) is 0 Å². The van der Waals surface area contributed by atoms with Gasteiger partial charge in [0.25, 0.3) is 5.91 Å². The molecule has 0 spiro atoms. The fourth-order valence-electron chi connectivity index (χ4n) is 3.93. The zero-order valence-electron chi connectivity index (χ0n) is 14.1. The summed E-state index contributed by atoms with van der Waals surface area (Å²) in [5.41, 5.74) is 3.64. The Morgan fingerprint density at radius 3 is 2.88 bits per heavy atom. The van der Waals surface area contributed by atoms with E-state index < -0.39 is 11.6 Å². The summed E-state index contributed by atoms with van der Waals surface area (Å²) in [6.07, 6.45) is 4.26. The minimum absolute atomic E-state index is 0.0320. The Bertz CT molecular complexity index is 1020. The van der Waals surface area contributed by atoms with Crippen LogP contribution in [0.5, 0.6) is 0 Å². The second kappa shape index (κ2) is 5.65. The van der Waals surface area contributed by atoms with Crippen molar-refractivity contribution >= 4 is 16.8 Å². The van der Waals surface area contributed by atoms with E-state index in [-0.39, 0.29) is 17.1 Å². The largest absolute Gasteiger partial charge is 0.348 e. The first-order chi connectivity index (χ1) is 12.6. The molecule has 1 aliphatic carbocycles. The topological polar surface area (TPSA) is 64.8 Å². The van der Waals surface area contributed by atoms with Crippen LogP contribution in [-0.4, -0.2) is 32.5 Å². The fraction of sp³-hybridized carbons (Fsp3) is 0.368. The molecule has 5 nitrogen and oxygen atoms in total. The van der Waals surface area contributed by atoms with Gasteiger partial charge in [0.15, 0.2) is 11.6 Å². The normalized spacial score (nSPS) is 17.4. The Kier molecular flexibility index (Phi) is 3.38. The van der Waals surface area contributed by atoms with Gasteiger partial charge in [0.2, 0.25) is 0 Å². The van der Waals surface area contributed by atoms with Gasteiger partial charge in [-0.05, 0) is 31.0 Å². The Morgan fingerprint density at radius 1 is 1.27 bits per heavy atom. The summed E-state index contributed by atoms with van der Waals surface area (Å²) in [6.45, 7) is 1.08. The van der Waals surface area contributed by atoms with E-state index in [4.69, 9.17) is 0 Å². The molecule has 0 saturated heterocycles. The molecule has 26 heavy (non-hydrogen) atoms. The molecule has 7 heteroatoms. The van der Waals surface area contributed by atoms with Gasteiger partial charge in [0.05, 0.1) is 11.2 Å². The maximum Gasteiger partial charge on any atom is 0.270 e. The number of amides is 1. The third kappa shape index (κ3) is 2.26. The number of fused-ring (bicyclic) bond motifs is 2. The van der Waals surface area contributed by atoms with Crippen LogP contribution in [0.4, 0.5) is 8.78 Å². The van der Waals surface area contributed by atoms with Gasteiger partial charge >= 0.3 is 0 Å². The SMILES string of the molecule is O=C(c1cc2ccc(F)c(F)c2[nH]1)N1CCc2[nH]nc(C3CCC3)c2C1. The molecule has 1 saturated carbocycles. The lowest BCUT2D eigenvalue weighted by molar-refractivity contribution is 0.0728. The molecule has 1 fully saturated rings. The monoisotopic (exact) mass is 356 g/mol. The van der Waals surface area contributed by atoms with Crippen LogP contribution in [0.25, 0.3) is 10.9 Å². The van der Waals surface area contributed by atoms with E-state index in [9.17, 15) is 13.6 Å². The van der Waals surface area contributed by atoms with Crippen LogP contribution in [0.1, 0.15) is 52.6 Å². The zero-order valence-corrected chi connectivity index (χ0v) is 14.1. The van der Waals surface area contributed by atoms with Crippen LogP contribution in [0.2, 0.25) is 0 Å². The van der Waals surface area contributed by atoms with Crippen molar-refractivity contribution in [3.63, 3.8) is 0 Å². The molecule has 2 aliphatic rings. The number of nitrogens with one attached hydrogen (secondary N) is 2. The lowest BCUT2D eigenvalue weighted by Crippen LogP contribution is -2.36. The molecule has 5 rings (SSSR count). The van der Waals surface area contributed by atoms with Crippen molar-refractivity contribution in [1.82, 2.24) is 20.1 Å². The second-order valence-electron chi connectivity index (χ2n) is 7.18. The standard InChI is InChI=1S/C19H18F2N4O/c20-13-5-4-11-8-15(22-18(11)16(13)21)19(26)25-7-6-14-12(9-25)17(24-23-14)10-2-1-3-10/h4-5,8,10,22H,1-3,6-7,9H2,(H,23,24). The van der Waals surface area contributed by atoms with Gasteiger partial charge in [-0.1, -0.05) is 6.42 Å². The molecular formula is C19H18F2N4O. The highest BCUT2D eigenvalue weighted by Crippen LogP contribution is 2.39. The number of H-pyrrole nitrogens is 2. The van der Waals surface area contributed by atoms with Crippen LogP contribution in [-0.2, 0) is 13.0 Å². The first kappa shape index (κ1) is 15.5. The molecule has 0 unspecified atom stereocenters. The number of benzene rings is 1. The lowest BCUT2D eigenvalue weighted by atomic mass is 9.81. The number of carbonyl (C=O) groups excluding carboxylic acids is 1. The highest BCUT2D eigenvalue weighted by atomic mass is 19.2. The van der Waals surface area contributed by atoms with Gasteiger partial charge in [-0.25, -0.2) is 8.78 Å². The van der Waals surface area contributed by atoms with Crippen molar-refractivity contribution in [2.75, 3.05) is 6.54 Å².